The zero-order chi connectivity index (χ0) is 38.9. The topological polar surface area (TPSA) is 310 Å². The number of H-pyrrole nitrogens is 1. The van der Waals surface area contributed by atoms with Gasteiger partial charge in [-0.05, 0) is 63.3 Å². The highest BCUT2D eigenvalue weighted by Crippen LogP contribution is 2.19. The Morgan fingerprint density at radius 2 is 1.70 bits per heavy atom. The standard InChI is InChI=1S/C32H47BN10O10/c1-19(31(49)43-14-4-6-25(43)33(52)53)38-29(47)20-7-9-21(10-8-20)41-42-27(45)12-11-26(44)36-13-3-2-5-23(32(50)51)40-30(48)24(39-28(46)16-34)15-22-17-35-18-37-22/h7-10,17-19,23-25,41,52-53H,2-6,11-16,34H2,1H3,(H,35,37)(H,36,44)(H,38,47)(H,39,46)(H,40,48)(H,42,45)(H,50,51)/t19-,23+,24+,25+/m1/s1. The first kappa shape index (κ1) is 41.9. The van der Waals surface area contributed by atoms with Crippen LogP contribution in [0, 0.1) is 0 Å². The van der Waals surface area contributed by atoms with E-state index in [-0.39, 0.29) is 44.3 Å². The predicted octanol–water partition coefficient (Wildman–Crippen LogP) is -2.70. The van der Waals surface area contributed by atoms with E-state index in [9.17, 15) is 48.7 Å². The van der Waals surface area contributed by atoms with E-state index in [1.807, 2.05) is 0 Å². The zero-order valence-corrected chi connectivity index (χ0v) is 29.3. The van der Waals surface area contributed by atoms with E-state index in [2.05, 4.69) is 42.1 Å². The molecule has 20 nitrogen and oxygen atoms in total. The number of hydrogen-bond donors (Lipinski definition) is 11. The van der Waals surface area contributed by atoms with Gasteiger partial charge in [-0.25, -0.2) is 9.78 Å². The molecule has 3 rings (SSSR count). The number of aliphatic carboxylic acids is 1. The molecule has 4 atom stereocenters. The maximum atomic E-state index is 12.8. The number of nitrogens with zero attached hydrogens (tertiary/aromatic N) is 2. The molecule has 53 heavy (non-hydrogen) atoms. The molecule has 0 unspecified atom stereocenters. The molecule has 2 aromatic rings. The van der Waals surface area contributed by atoms with Crippen molar-refractivity contribution in [2.75, 3.05) is 25.1 Å². The molecule has 1 aromatic carbocycles. The Hall–Kier alpha value is -5.54. The summed E-state index contributed by atoms with van der Waals surface area (Å²) in [6, 6.07) is 2.83. The maximum Gasteiger partial charge on any atom is 0.475 e. The van der Waals surface area contributed by atoms with Gasteiger partial charge in [0.25, 0.3) is 5.91 Å². The molecule has 288 valence electrons. The SMILES string of the molecule is C[C@@H](NC(=O)c1ccc(NNC(=O)CCC(=O)NCCCC[C@H](NC(=O)[C@H](Cc2cnc[nH]2)NC(=O)CN)C(=O)O)cc1)C(=O)N1CCC[C@H]1B(O)O. The smallest absolute Gasteiger partial charge is 0.475 e. The molecule has 2 heterocycles. The summed E-state index contributed by atoms with van der Waals surface area (Å²) >= 11 is 0. The first-order valence-corrected chi connectivity index (χ1v) is 17.2. The Kier molecular flexibility index (Phi) is 16.7. The van der Waals surface area contributed by atoms with Crippen LogP contribution < -0.4 is 37.9 Å². The number of amides is 6. The summed E-state index contributed by atoms with van der Waals surface area (Å²) in [6.45, 7) is 1.75. The second-order valence-corrected chi connectivity index (χ2v) is 12.5. The van der Waals surface area contributed by atoms with Gasteiger partial charge in [-0.3, -0.25) is 39.6 Å². The van der Waals surface area contributed by atoms with Gasteiger partial charge in [0.1, 0.15) is 18.1 Å². The number of aromatic amines is 1. The molecule has 0 saturated carbocycles. The van der Waals surface area contributed by atoms with Crippen molar-refractivity contribution < 1.29 is 48.7 Å². The van der Waals surface area contributed by atoms with Gasteiger partial charge in [-0.2, -0.15) is 0 Å². The van der Waals surface area contributed by atoms with E-state index in [0.29, 0.717) is 43.6 Å². The summed E-state index contributed by atoms with van der Waals surface area (Å²) in [6.07, 6.45) is 4.57. The zero-order valence-electron chi connectivity index (χ0n) is 29.3. The van der Waals surface area contributed by atoms with Crippen molar-refractivity contribution in [2.45, 2.75) is 82.4 Å². The van der Waals surface area contributed by atoms with Crippen LogP contribution in [0.5, 0.6) is 0 Å². The molecule has 1 aromatic heterocycles. The lowest BCUT2D eigenvalue weighted by atomic mass is 9.78. The molecule has 21 heteroatoms. The number of carbonyl (C=O) groups excluding carboxylic acids is 6. The minimum atomic E-state index is -1.66. The first-order valence-electron chi connectivity index (χ1n) is 17.2. The molecule has 1 saturated heterocycles. The molecule has 12 N–H and O–H groups in total. The summed E-state index contributed by atoms with van der Waals surface area (Å²) in [5.41, 5.74) is 11.7. The Bertz CT molecular complexity index is 1560. The number of hydrogen-bond acceptors (Lipinski definition) is 12. The minimum Gasteiger partial charge on any atom is -0.480 e. The molecule has 1 fully saturated rings. The lowest BCUT2D eigenvalue weighted by molar-refractivity contribution is -0.142. The average molecular weight is 743 g/mol. The summed E-state index contributed by atoms with van der Waals surface area (Å²) in [7, 11) is -1.66. The van der Waals surface area contributed by atoms with Crippen molar-refractivity contribution in [2.24, 2.45) is 5.73 Å². The third-order valence-corrected chi connectivity index (χ3v) is 8.39. The second kappa shape index (κ2) is 21.1. The number of unbranched alkanes of at least 4 members (excludes halogenated alkanes) is 1. The van der Waals surface area contributed by atoms with Crippen molar-refractivity contribution in [3.8, 4) is 0 Å². The molecular formula is C32H47BN10O10. The Morgan fingerprint density at radius 3 is 2.34 bits per heavy atom. The van der Waals surface area contributed by atoms with Gasteiger partial charge >= 0.3 is 13.1 Å². The fourth-order valence-electron chi connectivity index (χ4n) is 5.50. The number of aromatic nitrogens is 2. The number of carboxylic acids is 1. The van der Waals surface area contributed by atoms with Crippen LogP contribution >= 0.6 is 0 Å². The number of carboxylic acid groups (broad SMARTS) is 1. The van der Waals surface area contributed by atoms with Crippen LogP contribution in [-0.2, 0) is 35.2 Å². The molecular weight excluding hydrogens is 695 g/mol. The number of hydrazine groups is 1. The summed E-state index contributed by atoms with van der Waals surface area (Å²) < 4.78 is 0. The highest BCUT2D eigenvalue weighted by Gasteiger charge is 2.38. The molecule has 1 aliphatic rings. The van der Waals surface area contributed by atoms with E-state index in [1.54, 1.807) is 0 Å². The maximum absolute atomic E-state index is 12.8. The Labute approximate surface area is 305 Å². The number of anilines is 1. The number of benzene rings is 1. The van der Waals surface area contributed by atoms with Crippen molar-refractivity contribution in [1.82, 2.24) is 41.6 Å². The second-order valence-electron chi connectivity index (χ2n) is 12.5. The third-order valence-electron chi connectivity index (χ3n) is 8.39. The number of likely N-dealkylation sites (tertiary alicyclic amines) is 1. The average Bonchev–Trinajstić information content (AvgIpc) is 3.85. The quantitative estimate of drug-likeness (QED) is 0.0353. The Morgan fingerprint density at radius 1 is 0.981 bits per heavy atom. The number of carbonyl (C=O) groups is 7. The van der Waals surface area contributed by atoms with Gasteiger partial charge in [-0.15, -0.1) is 0 Å². The van der Waals surface area contributed by atoms with Crippen LogP contribution in [0.1, 0.15) is 67.9 Å². The lowest BCUT2D eigenvalue weighted by Crippen LogP contribution is -2.53. The summed E-state index contributed by atoms with van der Waals surface area (Å²) in [5, 5.41) is 38.8. The van der Waals surface area contributed by atoms with Crippen LogP contribution in [0.4, 0.5) is 5.69 Å². The van der Waals surface area contributed by atoms with Gasteiger partial charge in [0.05, 0.1) is 24.5 Å². The Balaban J connectivity index is 1.32. The molecule has 0 bridgehead atoms. The van der Waals surface area contributed by atoms with Crippen molar-refractivity contribution >= 4 is 54.2 Å². The summed E-state index contributed by atoms with van der Waals surface area (Å²) in [5.74, 6) is -5.05. The molecule has 0 spiro atoms. The van der Waals surface area contributed by atoms with Gasteiger partial charge < -0.3 is 52.0 Å². The molecule has 1 aliphatic heterocycles. The molecule has 0 aliphatic carbocycles. The van der Waals surface area contributed by atoms with E-state index >= 15 is 0 Å². The van der Waals surface area contributed by atoms with Crippen molar-refractivity contribution in [3.63, 3.8) is 0 Å². The third kappa shape index (κ3) is 13.8. The predicted molar refractivity (Wildman–Crippen MR) is 189 cm³/mol. The van der Waals surface area contributed by atoms with Crippen LogP contribution in [0.3, 0.4) is 0 Å². The van der Waals surface area contributed by atoms with Crippen molar-refractivity contribution in [3.05, 3.63) is 48.0 Å². The number of nitrogens with one attached hydrogen (secondary N) is 7. The van der Waals surface area contributed by atoms with Crippen LogP contribution in [0.25, 0.3) is 0 Å². The van der Waals surface area contributed by atoms with Gasteiger partial charge in [0.15, 0.2) is 0 Å². The molecule has 0 radical (unpaired) electrons. The summed E-state index contributed by atoms with van der Waals surface area (Å²) in [4.78, 5) is 94.3. The van der Waals surface area contributed by atoms with Gasteiger partial charge in [0.2, 0.25) is 29.5 Å². The van der Waals surface area contributed by atoms with Gasteiger partial charge in [-0.1, -0.05) is 0 Å². The fraction of sp³-hybridized carbons (Fsp3) is 0.500. The minimum absolute atomic E-state index is 0.0452. The van der Waals surface area contributed by atoms with Crippen LogP contribution in [0.2, 0.25) is 0 Å². The monoisotopic (exact) mass is 742 g/mol. The van der Waals surface area contributed by atoms with E-state index < -0.39 is 72.6 Å². The normalized spacial score (nSPS) is 15.3. The highest BCUT2D eigenvalue weighted by molar-refractivity contribution is 6.43. The van der Waals surface area contributed by atoms with Crippen LogP contribution in [-0.4, -0.2) is 122 Å². The number of imidazole rings is 1. The highest BCUT2D eigenvalue weighted by atomic mass is 16.4. The van der Waals surface area contributed by atoms with E-state index in [4.69, 9.17) is 5.73 Å². The van der Waals surface area contributed by atoms with Gasteiger partial charge in [0, 0.05) is 49.8 Å². The number of nitrogens with two attached hydrogens (primary N) is 1. The number of rotatable bonds is 21. The fourth-order valence-corrected chi connectivity index (χ4v) is 5.50. The molecule has 6 amide bonds. The lowest BCUT2D eigenvalue weighted by Gasteiger charge is -2.27. The largest absolute Gasteiger partial charge is 0.480 e. The first-order chi connectivity index (χ1) is 25.3. The van der Waals surface area contributed by atoms with Crippen LogP contribution in [0.15, 0.2) is 36.8 Å². The van der Waals surface area contributed by atoms with E-state index in [1.165, 1.54) is 48.6 Å². The van der Waals surface area contributed by atoms with Crippen molar-refractivity contribution in [1.29, 1.82) is 0 Å². The van der Waals surface area contributed by atoms with E-state index in [0.717, 1.165) is 0 Å².